The van der Waals surface area contributed by atoms with Gasteiger partial charge in [0.25, 0.3) is 12.9 Å². The number of carbonyl (C=O) groups excluding carboxylic acids is 1. The van der Waals surface area contributed by atoms with Crippen LogP contribution in [0, 0.1) is 0 Å². The van der Waals surface area contributed by atoms with Crippen LogP contribution in [0.2, 0.25) is 0 Å². The van der Waals surface area contributed by atoms with E-state index in [1.165, 1.54) is 0 Å². The van der Waals surface area contributed by atoms with Crippen molar-refractivity contribution in [3.63, 3.8) is 0 Å². The molecule has 0 aliphatic carbocycles. The first-order chi connectivity index (χ1) is 4.18. The van der Waals surface area contributed by atoms with Gasteiger partial charge in [0.05, 0.1) is 6.10 Å². The summed E-state index contributed by atoms with van der Waals surface area (Å²) in [5, 5.41) is 6.89. The number of carbonyl (C=O) groups is 2. The Morgan fingerprint density at radius 1 is 1.44 bits per heavy atom. The molecular formula is C5H10O4. The topological polar surface area (TPSA) is 63.6 Å². The lowest BCUT2D eigenvalue weighted by atomic mass is 10.5. The van der Waals surface area contributed by atoms with Crippen LogP contribution in [0.5, 0.6) is 0 Å². The molecule has 0 aromatic heterocycles. The average Bonchev–Trinajstić information content (AvgIpc) is 1.67. The Labute approximate surface area is 53.4 Å². The van der Waals surface area contributed by atoms with Gasteiger partial charge in [-0.05, 0) is 13.8 Å². The Kier molecular flexibility index (Phi) is 12.1. The van der Waals surface area contributed by atoms with Crippen LogP contribution in [-0.4, -0.2) is 24.2 Å². The summed E-state index contributed by atoms with van der Waals surface area (Å²) in [5.41, 5.74) is 0. The zero-order chi connectivity index (χ0) is 7.70. The molecule has 0 aromatic rings. The lowest BCUT2D eigenvalue weighted by Gasteiger charge is -1.96. The third-order valence-electron chi connectivity index (χ3n) is 0.328. The molecular weight excluding hydrogens is 124 g/mol. The van der Waals surface area contributed by atoms with E-state index < -0.39 is 0 Å². The summed E-state index contributed by atoms with van der Waals surface area (Å²) >= 11 is 0. The summed E-state index contributed by atoms with van der Waals surface area (Å²) in [6.45, 7) is 3.80. The lowest BCUT2D eigenvalue weighted by molar-refractivity contribution is -0.132. The van der Waals surface area contributed by atoms with Crippen LogP contribution in [0.15, 0.2) is 0 Å². The quantitative estimate of drug-likeness (QED) is 0.550. The molecule has 0 aliphatic heterocycles. The minimum atomic E-state index is -0.250. The maximum Gasteiger partial charge on any atom is 0.293 e. The molecule has 54 valence electrons. The predicted molar refractivity (Wildman–Crippen MR) is 31.0 cm³/mol. The molecule has 0 amide bonds. The molecule has 1 N–H and O–H groups in total. The Balaban J connectivity index is 0. The summed E-state index contributed by atoms with van der Waals surface area (Å²) in [6.07, 6.45) is 0.0301. The summed E-state index contributed by atoms with van der Waals surface area (Å²) in [4.78, 5) is 17.8. The third kappa shape index (κ3) is 45.0. The zero-order valence-corrected chi connectivity index (χ0v) is 5.40. The SMILES string of the molecule is CC(C)OC=O.O=CO. The Bertz CT molecular complexity index is 69.4. The molecule has 0 aliphatic rings. The van der Waals surface area contributed by atoms with Crippen molar-refractivity contribution < 1.29 is 19.4 Å². The smallest absolute Gasteiger partial charge is 0.293 e. The van der Waals surface area contributed by atoms with Crippen LogP contribution in [0.3, 0.4) is 0 Å². The van der Waals surface area contributed by atoms with Gasteiger partial charge >= 0.3 is 0 Å². The first kappa shape index (κ1) is 10.8. The molecule has 0 saturated carbocycles. The van der Waals surface area contributed by atoms with Gasteiger partial charge in [-0.2, -0.15) is 0 Å². The minimum Gasteiger partial charge on any atom is -0.483 e. The third-order valence-corrected chi connectivity index (χ3v) is 0.328. The second kappa shape index (κ2) is 10.0. The maximum atomic E-state index is 9.39. The number of hydrogen-bond acceptors (Lipinski definition) is 3. The first-order valence-corrected chi connectivity index (χ1v) is 2.36. The van der Waals surface area contributed by atoms with Crippen molar-refractivity contribution in [2.24, 2.45) is 0 Å². The molecule has 0 atom stereocenters. The van der Waals surface area contributed by atoms with Gasteiger partial charge in [-0.3, -0.25) is 9.59 Å². The van der Waals surface area contributed by atoms with E-state index in [9.17, 15) is 4.79 Å². The highest BCUT2D eigenvalue weighted by Crippen LogP contribution is 1.79. The fourth-order valence-electron chi connectivity index (χ4n) is 0.111. The first-order valence-electron chi connectivity index (χ1n) is 2.36. The van der Waals surface area contributed by atoms with Crippen molar-refractivity contribution in [3.8, 4) is 0 Å². The van der Waals surface area contributed by atoms with E-state index in [0.717, 1.165) is 0 Å². The van der Waals surface area contributed by atoms with E-state index in [1.54, 1.807) is 13.8 Å². The highest BCUT2D eigenvalue weighted by Gasteiger charge is 1.83. The van der Waals surface area contributed by atoms with Crippen LogP contribution in [-0.2, 0) is 14.3 Å². The minimum absolute atomic E-state index is 0.0301. The van der Waals surface area contributed by atoms with Crippen molar-refractivity contribution in [2.45, 2.75) is 20.0 Å². The van der Waals surface area contributed by atoms with E-state index in [1.807, 2.05) is 0 Å². The van der Waals surface area contributed by atoms with E-state index in [2.05, 4.69) is 4.74 Å². The molecule has 0 bridgehead atoms. The molecule has 0 rings (SSSR count). The fourth-order valence-corrected chi connectivity index (χ4v) is 0.111. The van der Waals surface area contributed by atoms with Gasteiger partial charge in [-0.15, -0.1) is 0 Å². The van der Waals surface area contributed by atoms with Gasteiger partial charge in [0.2, 0.25) is 0 Å². The number of ether oxygens (including phenoxy) is 1. The van der Waals surface area contributed by atoms with E-state index in [-0.39, 0.29) is 12.6 Å². The number of rotatable bonds is 2. The second-order valence-corrected chi connectivity index (χ2v) is 1.39. The van der Waals surface area contributed by atoms with Crippen molar-refractivity contribution in [1.29, 1.82) is 0 Å². The molecule has 0 saturated heterocycles. The largest absolute Gasteiger partial charge is 0.483 e. The van der Waals surface area contributed by atoms with Gasteiger partial charge in [0.15, 0.2) is 0 Å². The highest BCUT2D eigenvalue weighted by atomic mass is 16.5. The van der Waals surface area contributed by atoms with E-state index in [0.29, 0.717) is 6.47 Å². The van der Waals surface area contributed by atoms with Crippen molar-refractivity contribution in [2.75, 3.05) is 0 Å². The normalized spacial score (nSPS) is 7.00. The summed E-state index contributed by atoms with van der Waals surface area (Å²) < 4.78 is 4.36. The van der Waals surface area contributed by atoms with Gasteiger partial charge < -0.3 is 9.84 Å². The van der Waals surface area contributed by atoms with Crippen molar-refractivity contribution in [1.82, 2.24) is 0 Å². The average molecular weight is 134 g/mol. The molecule has 0 fully saturated rings. The standard InChI is InChI=1S/C4H8O2.CH2O2/c1-4(2)6-3-5;2-1-3/h3-4H,1-2H3;1H,(H,2,3). The molecule has 0 radical (unpaired) electrons. The van der Waals surface area contributed by atoms with Gasteiger partial charge in [0.1, 0.15) is 0 Å². The lowest BCUT2D eigenvalue weighted by Crippen LogP contribution is -1.98. The van der Waals surface area contributed by atoms with Crippen LogP contribution in [0.4, 0.5) is 0 Å². The van der Waals surface area contributed by atoms with Gasteiger partial charge in [-0.25, -0.2) is 0 Å². The molecule has 4 nitrogen and oxygen atoms in total. The Hall–Kier alpha value is -1.06. The van der Waals surface area contributed by atoms with Crippen molar-refractivity contribution in [3.05, 3.63) is 0 Å². The number of hydrogen-bond donors (Lipinski definition) is 1. The van der Waals surface area contributed by atoms with Gasteiger partial charge in [0, 0.05) is 0 Å². The summed E-state index contributed by atoms with van der Waals surface area (Å²) in [6, 6.07) is 0. The summed E-state index contributed by atoms with van der Waals surface area (Å²) in [5.74, 6) is 0. The highest BCUT2D eigenvalue weighted by molar-refractivity contribution is 5.37. The Morgan fingerprint density at radius 3 is 1.78 bits per heavy atom. The van der Waals surface area contributed by atoms with Crippen LogP contribution >= 0.6 is 0 Å². The van der Waals surface area contributed by atoms with Crippen molar-refractivity contribution >= 4 is 12.9 Å². The van der Waals surface area contributed by atoms with Crippen LogP contribution < -0.4 is 0 Å². The second-order valence-electron chi connectivity index (χ2n) is 1.39. The predicted octanol–water partition coefficient (Wildman–Crippen LogP) is 0.269. The molecule has 4 heteroatoms. The molecule has 0 heterocycles. The molecule has 9 heavy (non-hydrogen) atoms. The molecule has 0 spiro atoms. The zero-order valence-electron chi connectivity index (χ0n) is 5.40. The van der Waals surface area contributed by atoms with E-state index in [4.69, 9.17) is 9.90 Å². The molecule has 0 aromatic carbocycles. The van der Waals surface area contributed by atoms with E-state index >= 15 is 0 Å². The Morgan fingerprint density at radius 2 is 1.78 bits per heavy atom. The van der Waals surface area contributed by atoms with Crippen LogP contribution in [0.1, 0.15) is 13.8 Å². The monoisotopic (exact) mass is 134 g/mol. The van der Waals surface area contributed by atoms with Crippen LogP contribution in [0.25, 0.3) is 0 Å². The fraction of sp³-hybridized carbons (Fsp3) is 0.600. The summed E-state index contributed by atoms with van der Waals surface area (Å²) in [7, 11) is 0. The molecule has 0 unspecified atom stereocenters. The maximum absolute atomic E-state index is 9.39. The van der Waals surface area contributed by atoms with Gasteiger partial charge in [-0.1, -0.05) is 0 Å². The number of carboxylic acid groups (broad SMARTS) is 1.